The van der Waals surface area contributed by atoms with Gasteiger partial charge in [-0.3, -0.25) is 9.78 Å². The largest absolute Gasteiger partial charge is 0.497 e. The number of ether oxygens (including phenoxy) is 1. The zero-order valence-corrected chi connectivity index (χ0v) is 23.4. The number of halogens is 2. The van der Waals surface area contributed by atoms with Gasteiger partial charge in [0.25, 0.3) is 0 Å². The summed E-state index contributed by atoms with van der Waals surface area (Å²) in [5.41, 5.74) is 1.40. The molecular formula is C30H36ClFN2O3S. The van der Waals surface area contributed by atoms with Crippen LogP contribution in [0.3, 0.4) is 0 Å². The van der Waals surface area contributed by atoms with Crippen LogP contribution in [-0.2, 0) is 4.79 Å². The smallest absolute Gasteiger partial charge is 0.303 e. The number of methoxy groups -OCH3 is 1. The summed E-state index contributed by atoms with van der Waals surface area (Å²) in [6.07, 6.45) is 4.52. The van der Waals surface area contributed by atoms with Gasteiger partial charge >= 0.3 is 5.97 Å². The first-order valence-corrected chi connectivity index (χ1v) is 14.7. The summed E-state index contributed by atoms with van der Waals surface area (Å²) in [5.74, 6) is 1.49. The lowest BCUT2D eigenvalue weighted by Crippen LogP contribution is -2.41. The Hall–Kier alpha value is -2.35. The van der Waals surface area contributed by atoms with Gasteiger partial charge in [0.05, 0.1) is 17.6 Å². The molecule has 3 atom stereocenters. The molecule has 1 saturated heterocycles. The van der Waals surface area contributed by atoms with E-state index in [1.165, 1.54) is 0 Å². The number of rotatable bonds is 13. The highest BCUT2D eigenvalue weighted by atomic mass is 35.5. The number of carbonyl (C=O) groups is 1. The molecule has 8 heteroatoms. The Kier molecular flexibility index (Phi) is 10.7. The Labute approximate surface area is 233 Å². The highest BCUT2D eigenvalue weighted by molar-refractivity contribution is 7.99. The minimum Gasteiger partial charge on any atom is -0.497 e. The van der Waals surface area contributed by atoms with Gasteiger partial charge in [-0.2, -0.15) is 0 Å². The van der Waals surface area contributed by atoms with Crippen LogP contribution in [-0.4, -0.2) is 53.5 Å². The fraction of sp³-hybridized carbons (Fsp3) is 0.467. The van der Waals surface area contributed by atoms with Gasteiger partial charge in [0.1, 0.15) is 11.9 Å². The summed E-state index contributed by atoms with van der Waals surface area (Å²) >= 11 is 8.04. The molecule has 204 valence electrons. The van der Waals surface area contributed by atoms with E-state index >= 15 is 4.39 Å². The average Bonchev–Trinajstić information content (AvgIpc) is 2.93. The van der Waals surface area contributed by atoms with Crippen molar-refractivity contribution >= 4 is 40.2 Å². The number of aliphatic carboxylic acids is 1. The maximum atomic E-state index is 15.6. The van der Waals surface area contributed by atoms with Crippen LogP contribution >= 0.6 is 23.4 Å². The third kappa shape index (κ3) is 7.84. The molecule has 4 rings (SSSR count). The second-order valence-electron chi connectivity index (χ2n) is 10.0. The van der Waals surface area contributed by atoms with Crippen LogP contribution in [0.5, 0.6) is 5.75 Å². The number of carboxylic acid groups (broad SMARTS) is 1. The third-order valence-electron chi connectivity index (χ3n) is 7.53. The molecular weight excluding hydrogens is 523 g/mol. The number of alkyl halides is 1. The van der Waals surface area contributed by atoms with E-state index in [-0.39, 0.29) is 12.3 Å². The molecule has 0 bridgehead atoms. The predicted molar refractivity (Wildman–Crippen MR) is 153 cm³/mol. The molecule has 2 heterocycles. The predicted octanol–water partition coefficient (Wildman–Crippen LogP) is 7.67. The molecule has 0 amide bonds. The minimum atomic E-state index is -1.10. The number of thioether (sulfide) groups is 1. The van der Waals surface area contributed by atoms with Crippen LogP contribution in [0.4, 0.5) is 4.39 Å². The molecule has 1 aliphatic heterocycles. The topological polar surface area (TPSA) is 62.7 Å². The summed E-state index contributed by atoms with van der Waals surface area (Å²) in [7, 11) is 1.60. The molecule has 3 aromatic rings. The van der Waals surface area contributed by atoms with E-state index < -0.39 is 12.1 Å². The van der Waals surface area contributed by atoms with Gasteiger partial charge in [0.2, 0.25) is 0 Å². The van der Waals surface area contributed by atoms with Gasteiger partial charge in [-0.15, -0.1) is 11.8 Å². The van der Waals surface area contributed by atoms with E-state index in [4.69, 9.17) is 16.3 Å². The quantitative estimate of drug-likeness (QED) is 0.171. The third-order valence-corrected chi connectivity index (χ3v) is 9.13. The van der Waals surface area contributed by atoms with E-state index in [2.05, 4.69) is 9.88 Å². The number of pyridine rings is 1. The number of aromatic nitrogens is 1. The number of carboxylic acids is 1. The molecule has 0 saturated carbocycles. The van der Waals surface area contributed by atoms with Crippen molar-refractivity contribution in [3.8, 4) is 5.75 Å². The van der Waals surface area contributed by atoms with Gasteiger partial charge in [0.15, 0.2) is 0 Å². The summed E-state index contributed by atoms with van der Waals surface area (Å²) in [4.78, 5) is 19.3. The standard InChI is InChI=1S/C30H36ClFN2O3S/c1-37-23-9-11-28-25(19-23)24(13-15-33-28)27(32)10-7-21-14-17-34(20-22(21)8-12-30(35)36)16-4-18-38-29-6-3-2-5-26(29)31/h2-3,5-6,9,11,13,15,19,21-22,27H,4,7-8,10,12,14,16-18,20H2,1H3,(H,35,36)/t21-,22-,27-/m1/s1. The molecule has 1 fully saturated rings. The maximum absolute atomic E-state index is 15.6. The lowest BCUT2D eigenvalue weighted by atomic mass is 9.79. The van der Waals surface area contributed by atoms with E-state index in [0.717, 1.165) is 65.5 Å². The van der Waals surface area contributed by atoms with Crippen molar-refractivity contribution in [2.24, 2.45) is 11.8 Å². The van der Waals surface area contributed by atoms with Crippen molar-refractivity contribution < 1.29 is 19.0 Å². The normalized spacial score (nSPS) is 18.9. The SMILES string of the molecule is COc1ccc2nccc([C@H](F)CC[C@@H]3CCN(CCCSc4ccccc4Cl)C[C@H]3CCC(=O)O)c2c1. The number of fused-ring (bicyclic) bond motifs is 1. The fourth-order valence-electron chi connectivity index (χ4n) is 5.47. The van der Waals surface area contributed by atoms with Crippen molar-refractivity contribution in [3.05, 3.63) is 65.3 Å². The summed E-state index contributed by atoms with van der Waals surface area (Å²) in [6, 6.07) is 15.2. The molecule has 1 aromatic heterocycles. The lowest BCUT2D eigenvalue weighted by Gasteiger charge is -2.39. The highest BCUT2D eigenvalue weighted by Gasteiger charge is 2.30. The molecule has 1 aliphatic rings. The molecule has 0 spiro atoms. The number of benzene rings is 2. The zero-order valence-electron chi connectivity index (χ0n) is 21.8. The first kappa shape index (κ1) is 28.7. The zero-order chi connectivity index (χ0) is 26.9. The monoisotopic (exact) mass is 558 g/mol. The van der Waals surface area contributed by atoms with Gasteiger partial charge in [-0.25, -0.2) is 4.39 Å². The van der Waals surface area contributed by atoms with Crippen molar-refractivity contribution in [1.29, 1.82) is 0 Å². The van der Waals surface area contributed by atoms with Crippen molar-refractivity contribution in [3.63, 3.8) is 0 Å². The van der Waals surface area contributed by atoms with E-state index in [9.17, 15) is 9.90 Å². The molecule has 0 radical (unpaired) electrons. The second kappa shape index (κ2) is 14.2. The molecule has 0 unspecified atom stereocenters. The molecule has 0 aliphatic carbocycles. The van der Waals surface area contributed by atoms with Gasteiger partial charge in [-0.05, 0) is 105 Å². The first-order valence-electron chi connectivity index (χ1n) is 13.3. The summed E-state index contributed by atoms with van der Waals surface area (Å²) in [6.45, 7) is 2.82. The Morgan fingerprint density at radius 3 is 2.87 bits per heavy atom. The lowest BCUT2D eigenvalue weighted by molar-refractivity contribution is -0.137. The summed E-state index contributed by atoms with van der Waals surface area (Å²) in [5, 5.41) is 10.9. The van der Waals surface area contributed by atoms with Crippen molar-refractivity contribution in [2.45, 2.75) is 49.6 Å². The Balaban J connectivity index is 1.32. The second-order valence-corrected chi connectivity index (χ2v) is 11.5. The number of hydrogen-bond donors (Lipinski definition) is 1. The summed E-state index contributed by atoms with van der Waals surface area (Å²) < 4.78 is 20.9. The Bertz CT molecular complexity index is 1210. The number of likely N-dealkylation sites (tertiary alicyclic amines) is 1. The average molecular weight is 559 g/mol. The fourth-order valence-corrected chi connectivity index (χ4v) is 6.64. The highest BCUT2D eigenvalue weighted by Crippen LogP contribution is 2.37. The van der Waals surface area contributed by atoms with Crippen LogP contribution in [0.25, 0.3) is 10.9 Å². The van der Waals surface area contributed by atoms with E-state index in [1.54, 1.807) is 31.1 Å². The minimum absolute atomic E-state index is 0.158. The van der Waals surface area contributed by atoms with Crippen LogP contribution in [0.1, 0.15) is 50.3 Å². The van der Waals surface area contributed by atoms with Gasteiger partial charge in [0, 0.05) is 29.4 Å². The number of hydrogen-bond acceptors (Lipinski definition) is 5. The molecule has 5 nitrogen and oxygen atoms in total. The van der Waals surface area contributed by atoms with Crippen molar-refractivity contribution in [1.82, 2.24) is 9.88 Å². The van der Waals surface area contributed by atoms with Gasteiger partial charge < -0.3 is 14.7 Å². The maximum Gasteiger partial charge on any atom is 0.303 e. The van der Waals surface area contributed by atoms with Gasteiger partial charge in [-0.1, -0.05) is 23.7 Å². The van der Waals surface area contributed by atoms with E-state index in [1.807, 2.05) is 42.5 Å². The van der Waals surface area contributed by atoms with Crippen molar-refractivity contribution in [2.75, 3.05) is 32.5 Å². The molecule has 1 N–H and O–H groups in total. The number of piperidine rings is 1. The first-order chi connectivity index (χ1) is 18.4. The Morgan fingerprint density at radius 1 is 1.24 bits per heavy atom. The number of nitrogens with zero attached hydrogens (tertiary/aromatic N) is 2. The van der Waals surface area contributed by atoms with Crippen LogP contribution in [0, 0.1) is 11.8 Å². The molecule has 2 aromatic carbocycles. The molecule has 38 heavy (non-hydrogen) atoms. The van der Waals surface area contributed by atoms with Crippen LogP contribution in [0.2, 0.25) is 5.02 Å². The van der Waals surface area contributed by atoms with Crippen LogP contribution < -0.4 is 4.74 Å². The van der Waals surface area contributed by atoms with E-state index in [0.29, 0.717) is 30.1 Å². The van der Waals surface area contributed by atoms with Crippen LogP contribution in [0.15, 0.2) is 59.6 Å². The Morgan fingerprint density at radius 2 is 2.08 bits per heavy atom.